The molecular formula is C27H25N5O2. The van der Waals surface area contributed by atoms with Crippen molar-refractivity contribution in [3.63, 3.8) is 0 Å². The van der Waals surface area contributed by atoms with Crippen molar-refractivity contribution in [2.75, 3.05) is 0 Å². The normalized spacial score (nSPS) is 25.2. The van der Waals surface area contributed by atoms with Crippen molar-refractivity contribution in [1.82, 2.24) is 25.0 Å². The van der Waals surface area contributed by atoms with Gasteiger partial charge in [0.1, 0.15) is 0 Å². The van der Waals surface area contributed by atoms with Crippen LogP contribution in [0.3, 0.4) is 0 Å². The Kier molecular flexibility index (Phi) is 4.72. The molecule has 2 aliphatic rings. The summed E-state index contributed by atoms with van der Waals surface area (Å²) >= 11 is 0. The highest BCUT2D eigenvalue weighted by atomic mass is 16.2. The van der Waals surface area contributed by atoms with Gasteiger partial charge in [-0.05, 0) is 42.9 Å². The van der Waals surface area contributed by atoms with Gasteiger partial charge in [0.2, 0.25) is 0 Å². The number of carbonyl (C=O) groups excluding carboxylic acids is 1. The fourth-order valence-corrected chi connectivity index (χ4v) is 6.07. The van der Waals surface area contributed by atoms with E-state index in [1.165, 1.54) is 0 Å². The third-order valence-electron chi connectivity index (χ3n) is 7.66. The minimum absolute atomic E-state index is 0.0380. The van der Waals surface area contributed by atoms with Gasteiger partial charge in [0.15, 0.2) is 5.78 Å². The number of nitrogens with zero attached hydrogens (tertiary/aromatic N) is 4. The first-order valence-corrected chi connectivity index (χ1v) is 11.6. The molecule has 3 aromatic heterocycles. The van der Waals surface area contributed by atoms with Crippen molar-refractivity contribution in [3.05, 3.63) is 95.9 Å². The maximum absolute atomic E-state index is 13.0. The van der Waals surface area contributed by atoms with E-state index < -0.39 is 5.41 Å². The number of benzene rings is 1. The number of aromatic nitrogens is 5. The van der Waals surface area contributed by atoms with Gasteiger partial charge < -0.3 is 5.11 Å². The topological polar surface area (TPSA) is 96.7 Å². The van der Waals surface area contributed by atoms with E-state index in [0.717, 1.165) is 52.9 Å². The van der Waals surface area contributed by atoms with E-state index in [4.69, 9.17) is 5.10 Å². The number of Topliss-reactive ketones (excluding diaryl/α,β-unsaturated/α-hetero) is 1. The molecule has 0 aliphatic heterocycles. The van der Waals surface area contributed by atoms with Crippen LogP contribution in [0, 0.1) is 11.8 Å². The average Bonchev–Trinajstić information content (AvgIpc) is 3.55. The quantitative estimate of drug-likeness (QED) is 0.352. The summed E-state index contributed by atoms with van der Waals surface area (Å²) in [5, 5.41) is 22.7. The zero-order valence-corrected chi connectivity index (χ0v) is 18.8. The number of H-pyrrole nitrogens is 1. The predicted octanol–water partition coefficient (Wildman–Crippen LogP) is 4.56. The number of hydrogen-bond donors (Lipinski definition) is 2. The predicted molar refractivity (Wildman–Crippen MR) is 127 cm³/mol. The zero-order valence-electron chi connectivity index (χ0n) is 18.8. The number of ketones is 1. The van der Waals surface area contributed by atoms with Crippen LogP contribution in [-0.2, 0) is 16.6 Å². The first kappa shape index (κ1) is 20.6. The number of fused-ring (bicyclic) bond motifs is 3. The highest BCUT2D eigenvalue weighted by Gasteiger charge is 2.55. The van der Waals surface area contributed by atoms with Gasteiger partial charge >= 0.3 is 0 Å². The highest BCUT2D eigenvalue weighted by molar-refractivity contribution is 5.98. The number of rotatable bonds is 3. The van der Waals surface area contributed by atoms with Crippen molar-refractivity contribution in [1.29, 1.82) is 0 Å². The van der Waals surface area contributed by atoms with Crippen LogP contribution in [-0.4, -0.2) is 35.9 Å². The number of hydrogen-bond acceptors (Lipinski definition) is 5. The van der Waals surface area contributed by atoms with E-state index in [2.05, 4.69) is 27.3 Å². The Hall–Kier alpha value is -4.00. The monoisotopic (exact) mass is 451 g/mol. The summed E-state index contributed by atoms with van der Waals surface area (Å²) in [5.74, 6) is -0.0575. The number of aliphatic hydroxyl groups excluding tert-OH is 1. The fourth-order valence-electron chi connectivity index (χ4n) is 6.07. The Balaban J connectivity index is 1.51. The molecule has 1 saturated carbocycles. The standard InChI is InChI=1S/C27H25N5O2/c1-17-23-10-9-22-24(19-13-29-32(15-19)21-8-5-11-28-14-21)30-31-26(22)27(23,12-18(16-33)25(17)34)20-6-3-2-4-7-20/h2-8,11,13-17,23,33H,9-10,12H2,1H3,(H,30,31)/t17-,23-,27+/m0/s1. The Bertz CT molecular complexity index is 1390. The van der Waals surface area contributed by atoms with Gasteiger partial charge in [0.05, 0.1) is 35.7 Å². The molecule has 170 valence electrons. The summed E-state index contributed by atoms with van der Waals surface area (Å²) in [6.45, 7) is 1.99. The van der Waals surface area contributed by atoms with Crippen LogP contribution in [0.4, 0.5) is 0 Å². The van der Waals surface area contributed by atoms with E-state index >= 15 is 0 Å². The SMILES string of the molecule is C[C@@H]1C(=O)C(=CO)C[C@]2(c3ccccc3)c3n[nH]c(-c4cnn(-c5cccnc5)c4)c3CC[C@@H]12. The molecule has 6 rings (SSSR count). The molecule has 1 fully saturated rings. The van der Waals surface area contributed by atoms with Crippen molar-refractivity contribution in [2.45, 2.75) is 31.6 Å². The summed E-state index contributed by atoms with van der Waals surface area (Å²) in [6.07, 6.45) is 10.5. The smallest absolute Gasteiger partial charge is 0.165 e. The third kappa shape index (κ3) is 2.89. The van der Waals surface area contributed by atoms with Gasteiger partial charge in [0.25, 0.3) is 0 Å². The van der Waals surface area contributed by atoms with E-state index in [0.29, 0.717) is 12.0 Å². The second-order valence-electron chi connectivity index (χ2n) is 9.28. The van der Waals surface area contributed by atoms with Crippen LogP contribution in [0.5, 0.6) is 0 Å². The van der Waals surface area contributed by atoms with Crippen molar-refractivity contribution in [2.24, 2.45) is 11.8 Å². The number of aliphatic hydroxyl groups is 1. The first-order valence-electron chi connectivity index (χ1n) is 11.6. The minimum Gasteiger partial charge on any atom is -0.515 e. The van der Waals surface area contributed by atoms with Crippen LogP contribution in [0.1, 0.15) is 36.6 Å². The highest BCUT2D eigenvalue weighted by Crippen LogP contribution is 2.56. The van der Waals surface area contributed by atoms with Gasteiger partial charge in [-0.3, -0.25) is 14.9 Å². The van der Waals surface area contributed by atoms with Crippen molar-refractivity contribution < 1.29 is 9.90 Å². The van der Waals surface area contributed by atoms with Gasteiger partial charge in [0, 0.05) is 40.4 Å². The summed E-state index contributed by atoms with van der Waals surface area (Å²) in [5.41, 5.74) is 6.04. The molecule has 3 atom stereocenters. The Morgan fingerprint density at radius 2 is 2.03 bits per heavy atom. The van der Waals surface area contributed by atoms with Crippen LogP contribution >= 0.6 is 0 Å². The minimum atomic E-state index is -0.481. The lowest BCUT2D eigenvalue weighted by molar-refractivity contribution is -0.123. The molecule has 4 aromatic rings. The van der Waals surface area contributed by atoms with Crippen LogP contribution in [0.15, 0.2) is 79.1 Å². The zero-order chi connectivity index (χ0) is 23.3. The largest absolute Gasteiger partial charge is 0.515 e. The molecule has 2 N–H and O–H groups in total. The number of nitrogens with one attached hydrogen (secondary N) is 1. The second-order valence-corrected chi connectivity index (χ2v) is 9.28. The summed E-state index contributed by atoms with van der Waals surface area (Å²) in [6, 6.07) is 14.2. The van der Waals surface area contributed by atoms with Gasteiger partial charge in [-0.1, -0.05) is 37.3 Å². The molecule has 0 amide bonds. The number of aromatic amines is 1. The molecule has 0 spiro atoms. The Labute approximate surface area is 197 Å². The lowest BCUT2D eigenvalue weighted by atomic mass is 9.52. The summed E-state index contributed by atoms with van der Waals surface area (Å²) < 4.78 is 1.81. The molecule has 0 radical (unpaired) electrons. The van der Waals surface area contributed by atoms with Gasteiger partial charge in [-0.2, -0.15) is 10.2 Å². The summed E-state index contributed by atoms with van der Waals surface area (Å²) in [7, 11) is 0. The number of pyridine rings is 1. The maximum atomic E-state index is 13.0. The molecule has 0 unspecified atom stereocenters. The van der Waals surface area contributed by atoms with Crippen LogP contribution < -0.4 is 0 Å². The maximum Gasteiger partial charge on any atom is 0.165 e. The van der Waals surface area contributed by atoms with E-state index in [1.54, 1.807) is 12.4 Å². The molecule has 3 heterocycles. The second kappa shape index (κ2) is 7.80. The van der Waals surface area contributed by atoms with Gasteiger partial charge in [-0.25, -0.2) is 4.68 Å². The number of carbonyl (C=O) groups is 1. The molecular weight excluding hydrogens is 426 g/mol. The molecule has 7 nitrogen and oxygen atoms in total. The van der Waals surface area contributed by atoms with Gasteiger partial charge in [-0.15, -0.1) is 0 Å². The third-order valence-corrected chi connectivity index (χ3v) is 7.66. The van der Waals surface area contributed by atoms with Crippen molar-refractivity contribution in [3.8, 4) is 16.9 Å². The van der Waals surface area contributed by atoms with E-state index in [1.807, 2.05) is 54.3 Å². The van der Waals surface area contributed by atoms with Crippen molar-refractivity contribution >= 4 is 5.78 Å². The molecule has 7 heteroatoms. The Morgan fingerprint density at radius 1 is 1.18 bits per heavy atom. The van der Waals surface area contributed by atoms with Crippen LogP contribution in [0.25, 0.3) is 16.9 Å². The number of allylic oxidation sites excluding steroid dienone is 1. The van der Waals surface area contributed by atoms with Crippen LogP contribution in [0.2, 0.25) is 0 Å². The molecule has 34 heavy (non-hydrogen) atoms. The summed E-state index contributed by atoms with van der Waals surface area (Å²) in [4.78, 5) is 17.2. The Morgan fingerprint density at radius 3 is 2.79 bits per heavy atom. The fraction of sp³-hybridized carbons (Fsp3) is 0.259. The molecule has 1 aromatic carbocycles. The average molecular weight is 452 g/mol. The van der Waals surface area contributed by atoms with E-state index in [9.17, 15) is 9.90 Å². The molecule has 0 saturated heterocycles. The lowest BCUT2D eigenvalue weighted by Gasteiger charge is -2.49. The molecule has 2 aliphatic carbocycles. The van der Waals surface area contributed by atoms with E-state index in [-0.39, 0.29) is 17.6 Å². The molecule has 0 bridgehead atoms. The first-order chi connectivity index (χ1) is 16.6. The lowest BCUT2D eigenvalue weighted by Crippen LogP contribution is -2.50.